The second-order valence-corrected chi connectivity index (χ2v) is 6.36. The van der Waals surface area contributed by atoms with Crippen molar-refractivity contribution in [3.05, 3.63) is 60.5 Å². The molecule has 0 radical (unpaired) electrons. The lowest BCUT2D eigenvalue weighted by Gasteiger charge is -2.35. The van der Waals surface area contributed by atoms with Crippen LogP contribution >= 0.6 is 0 Å². The highest BCUT2D eigenvalue weighted by atomic mass is 16.5. The number of hydrogen-bond acceptors (Lipinski definition) is 3. The van der Waals surface area contributed by atoms with Crippen LogP contribution in [-0.4, -0.2) is 24.1 Å². The first-order valence-electron chi connectivity index (χ1n) is 8.41. The molecule has 1 heterocycles. The molecule has 0 spiro atoms. The van der Waals surface area contributed by atoms with E-state index in [0.717, 1.165) is 24.2 Å². The molecule has 3 rings (SSSR count). The summed E-state index contributed by atoms with van der Waals surface area (Å²) in [5.74, 6) is 1.81. The predicted octanol–water partition coefficient (Wildman–Crippen LogP) is 3.54. The van der Waals surface area contributed by atoms with Crippen LogP contribution in [0.1, 0.15) is 25.3 Å². The van der Waals surface area contributed by atoms with Crippen LogP contribution in [0.15, 0.2) is 54.9 Å². The van der Waals surface area contributed by atoms with Gasteiger partial charge in [-0.05, 0) is 42.5 Å². The fourth-order valence-electron chi connectivity index (χ4n) is 3.32. The van der Waals surface area contributed by atoms with E-state index in [9.17, 15) is 4.79 Å². The fraction of sp³-hybridized carbons (Fsp3) is 0.350. The minimum atomic E-state index is -0.00109. The topological polar surface area (TPSA) is 41.6 Å². The average Bonchev–Trinajstić information content (AvgIpc) is 3.10. The number of ether oxygens (including phenoxy) is 1. The Morgan fingerprint density at radius 2 is 2.00 bits per heavy atom. The van der Waals surface area contributed by atoms with Gasteiger partial charge in [0.1, 0.15) is 11.9 Å². The quantitative estimate of drug-likeness (QED) is 0.680. The van der Waals surface area contributed by atoms with E-state index in [2.05, 4.69) is 24.4 Å². The van der Waals surface area contributed by atoms with Gasteiger partial charge in [-0.2, -0.15) is 0 Å². The molecular formula is C20H24N2O2. The number of hydrogen-bond donors (Lipinski definition) is 1. The molecule has 0 saturated heterocycles. The lowest BCUT2D eigenvalue weighted by Crippen LogP contribution is -2.46. The zero-order valence-corrected chi connectivity index (χ0v) is 14.2. The fourth-order valence-corrected chi connectivity index (χ4v) is 3.32. The van der Waals surface area contributed by atoms with Gasteiger partial charge in [0.05, 0.1) is 7.11 Å². The van der Waals surface area contributed by atoms with E-state index in [1.165, 1.54) is 0 Å². The molecule has 1 N–H and O–H groups in total. The molecular weight excluding hydrogens is 300 g/mol. The highest BCUT2D eigenvalue weighted by Crippen LogP contribution is 2.31. The van der Waals surface area contributed by atoms with Gasteiger partial charge in [0, 0.05) is 24.4 Å². The Labute approximate surface area is 143 Å². The summed E-state index contributed by atoms with van der Waals surface area (Å²) in [5, 5.41) is 3.34. The number of carbonyl (C=O) groups is 1. The van der Waals surface area contributed by atoms with Crippen LogP contribution in [0.2, 0.25) is 0 Å². The van der Waals surface area contributed by atoms with E-state index in [1.807, 2.05) is 42.7 Å². The van der Waals surface area contributed by atoms with Crippen LogP contribution in [0.3, 0.4) is 0 Å². The highest BCUT2D eigenvalue weighted by Gasteiger charge is 2.34. The van der Waals surface area contributed by atoms with Crippen molar-refractivity contribution in [2.45, 2.75) is 25.9 Å². The molecule has 0 fully saturated rings. The normalized spacial score (nSPS) is 25.9. The maximum Gasteiger partial charge on any atom is 0.252 e. The maximum absolute atomic E-state index is 12.6. The van der Waals surface area contributed by atoms with E-state index in [1.54, 1.807) is 18.1 Å². The van der Waals surface area contributed by atoms with E-state index in [-0.39, 0.29) is 12.1 Å². The molecule has 1 aromatic carbocycles. The van der Waals surface area contributed by atoms with Crippen LogP contribution in [0.4, 0.5) is 0 Å². The lowest BCUT2D eigenvalue weighted by molar-refractivity contribution is -0.126. The molecule has 1 aliphatic carbocycles. The summed E-state index contributed by atoms with van der Waals surface area (Å²) in [6.07, 6.45) is 13.8. The van der Waals surface area contributed by atoms with Crippen LogP contribution in [-0.2, 0) is 4.79 Å². The van der Waals surface area contributed by atoms with Gasteiger partial charge < -0.3 is 10.1 Å². The Bertz CT molecular complexity index is 661. The smallest absolute Gasteiger partial charge is 0.252 e. The van der Waals surface area contributed by atoms with Crippen molar-refractivity contribution in [3.63, 3.8) is 0 Å². The van der Waals surface area contributed by atoms with Crippen LogP contribution in [0, 0.1) is 11.8 Å². The zero-order valence-electron chi connectivity index (χ0n) is 14.2. The molecule has 24 heavy (non-hydrogen) atoms. The molecule has 1 amide bonds. The number of nitrogens with one attached hydrogen (secondary N) is 1. The molecule has 126 valence electrons. The minimum Gasteiger partial charge on any atom is -0.497 e. The standard InChI is InChI=1S/C20H24N2O2/c1-15-5-3-4-6-18(15)20-21-13-14-22(20)19(23)12-9-16-7-10-17(24-2)11-8-16/h3-4,7-15,18,20-21H,5-6H2,1-2H3/b12-9+. The van der Waals surface area contributed by atoms with E-state index in [4.69, 9.17) is 4.74 Å². The molecule has 2 aliphatic rings. The average molecular weight is 324 g/mol. The summed E-state index contributed by atoms with van der Waals surface area (Å²) in [5.41, 5.74) is 0.978. The van der Waals surface area contributed by atoms with Gasteiger partial charge >= 0.3 is 0 Å². The highest BCUT2D eigenvalue weighted by molar-refractivity contribution is 5.92. The van der Waals surface area contributed by atoms with Crippen molar-refractivity contribution >= 4 is 12.0 Å². The molecule has 0 aromatic heterocycles. The Hall–Kier alpha value is -2.49. The molecule has 3 atom stereocenters. The molecule has 4 heteroatoms. The third-order valence-electron chi connectivity index (χ3n) is 4.81. The van der Waals surface area contributed by atoms with E-state index >= 15 is 0 Å². The van der Waals surface area contributed by atoms with Crippen LogP contribution < -0.4 is 10.1 Å². The molecule has 0 bridgehead atoms. The summed E-state index contributed by atoms with van der Waals surface area (Å²) >= 11 is 0. The number of rotatable bonds is 4. The summed E-state index contributed by atoms with van der Waals surface area (Å²) in [4.78, 5) is 14.4. The summed E-state index contributed by atoms with van der Waals surface area (Å²) < 4.78 is 5.15. The van der Waals surface area contributed by atoms with Gasteiger partial charge in [-0.15, -0.1) is 0 Å². The van der Waals surface area contributed by atoms with Gasteiger partial charge in [-0.3, -0.25) is 9.69 Å². The lowest BCUT2D eigenvalue weighted by atomic mass is 9.82. The van der Waals surface area contributed by atoms with Gasteiger partial charge in [-0.1, -0.05) is 31.2 Å². The second kappa shape index (κ2) is 7.39. The number of amides is 1. The monoisotopic (exact) mass is 324 g/mol. The van der Waals surface area contributed by atoms with Crippen molar-refractivity contribution in [2.24, 2.45) is 11.8 Å². The number of carbonyl (C=O) groups excluding carboxylic acids is 1. The van der Waals surface area contributed by atoms with Crippen LogP contribution in [0.5, 0.6) is 5.75 Å². The SMILES string of the molecule is COc1ccc(/C=C/C(=O)N2C=CNC2C2CC=CCC2C)cc1. The molecule has 3 unspecified atom stereocenters. The van der Waals surface area contributed by atoms with Crippen molar-refractivity contribution in [1.29, 1.82) is 0 Å². The minimum absolute atomic E-state index is 0.00109. The van der Waals surface area contributed by atoms with Crippen molar-refractivity contribution < 1.29 is 9.53 Å². The first-order chi connectivity index (χ1) is 11.7. The second-order valence-electron chi connectivity index (χ2n) is 6.36. The Balaban J connectivity index is 1.67. The van der Waals surface area contributed by atoms with Gasteiger partial charge in [0.2, 0.25) is 0 Å². The zero-order chi connectivity index (χ0) is 16.9. The molecule has 0 saturated carbocycles. The third kappa shape index (κ3) is 3.53. The van der Waals surface area contributed by atoms with Crippen molar-refractivity contribution in [2.75, 3.05) is 7.11 Å². The Morgan fingerprint density at radius 1 is 1.25 bits per heavy atom. The maximum atomic E-state index is 12.6. The first kappa shape index (κ1) is 16.4. The molecule has 1 aliphatic heterocycles. The van der Waals surface area contributed by atoms with Crippen molar-refractivity contribution in [3.8, 4) is 5.75 Å². The van der Waals surface area contributed by atoms with Crippen molar-refractivity contribution in [1.82, 2.24) is 10.2 Å². The summed E-state index contributed by atoms with van der Waals surface area (Å²) in [6, 6.07) is 7.65. The largest absolute Gasteiger partial charge is 0.497 e. The number of benzene rings is 1. The Kier molecular flexibility index (Phi) is 5.04. The van der Waals surface area contributed by atoms with Gasteiger partial charge in [0.15, 0.2) is 0 Å². The first-order valence-corrected chi connectivity index (χ1v) is 8.41. The molecule has 4 nitrogen and oxygen atoms in total. The van der Waals surface area contributed by atoms with Crippen LogP contribution in [0.25, 0.3) is 6.08 Å². The summed E-state index contributed by atoms with van der Waals surface area (Å²) in [7, 11) is 1.64. The van der Waals surface area contributed by atoms with E-state index in [0.29, 0.717) is 11.8 Å². The summed E-state index contributed by atoms with van der Waals surface area (Å²) in [6.45, 7) is 2.25. The number of methoxy groups -OCH3 is 1. The third-order valence-corrected chi connectivity index (χ3v) is 4.81. The van der Waals surface area contributed by atoms with Gasteiger partial charge in [-0.25, -0.2) is 0 Å². The Morgan fingerprint density at radius 3 is 2.71 bits per heavy atom. The number of allylic oxidation sites excluding steroid dienone is 2. The van der Waals surface area contributed by atoms with E-state index < -0.39 is 0 Å². The number of nitrogens with zero attached hydrogens (tertiary/aromatic N) is 1. The predicted molar refractivity (Wildman–Crippen MR) is 96.0 cm³/mol. The van der Waals surface area contributed by atoms with Gasteiger partial charge in [0.25, 0.3) is 5.91 Å². The molecule has 1 aromatic rings.